The van der Waals surface area contributed by atoms with Crippen molar-refractivity contribution < 1.29 is 22.7 Å². The molecule has 0 fully saturated rings. The molecule has 94 valence electrons. The third kappa shape index (κ3) is 4.73. The highest BCUT2D eigenvalue weighted by molar-refractivity contribution is 5.94. The van der Waals surface area contributed by atoms with E-state index in [0.717, 1.165) is 12.1 Å². The quantitative estimate of drug-likeness (QED) is 0.858. The molecule has 1 atom stereocenters. The lowest BCUT2D eigenvalue weighted by Gasteiger charge is -2.10. The monoisotopic (exact) mass is 248 g/mol. The van der Waals surface area contributed by atoms with Gasteiger partial charge in [-0.2, -0.15) is 0 Å². The maximum Gasteiger partial charge on any atom is 0.573 e. The zero-order chi connectivity index (χ0) is 13.1. The van der Waals surface area contributed by atoms with E-state index in [-0.39, 0.29) is 5.75 Å². The molecular formula is C10H11F3N2O2. The minimum absolute atomic E-state index is 0.349. The van der Waals surface area contributed by atoms with Crippen LogP contribution in [0.1, 0.15) is 6.92 Å². The Bertz CT molecular complexity index is 388. The topological polar surface area (TPSA) is 64.4 Å². The number of anilines is 1. The molecule has 3 N–H and O–H groups in total. The highest BCUT2D eigenvalue weighted by atomic mass is 19.4. The van der Waals surface area contributed by atoms with Crippen LogP contribution in [0.15, 0.2) is 24.3 Å². The summed E-state index contributed by atoms with van der Waals surface area (Å²) in [6.07, 6.45) is -4.73. The van der Waals surface area contributed by atoms with E-state index in [2.05, 4.69) is 10.1 Å². The summed E-state index contributed by atoms with van der Waals surface area (Å²) in [5.74, 6) is -0.772. The Morgan fingerprint density at radius 1 is 1.35 bits per heavy atom. The fourth-order valence-corrected chi connectivity index (χ4v) is 0.996. The van der Waals surface area contributed by atoms with Gasteiger partial charge < -0.3 is 15.8 Å². The van der Waals surface area contributed by atoms with E-state index in [0.29, 0.717) is 5.69 Å². The van der Waals surface area contributed by atoms with Crippen molar-refractivity contribution in [3.8, 4) is 5.75 Å². The zero-order valence-corrected chi connectivity index (χ0v) is 8.91. The Kier molecular flexibility index (Phi) is 3.95. The van der Waals surface area contributed by atoms with Crippen LogP contribution in [0.2, 0.25) is 0 Å². The Morgan fingerprint density at radius 3 is 2.29 bits per heavy atom. The first-order valence-corrected chi connectivity index (χ1v) is 4.70. The molecule has 1 aromatic rings. The number of carbonyl (C=O) groups is 1. The molecule has 0 heterocycles. The molecule has 4 nitrogen and oxygen atoms in total. The Hall–Kier alpha value is -1.76. The first kappa shape index (κ1) is 13.3. The average molecular weight is 248 g/mol. The predicted octanol–water partition coefficient (Wildman–Crippen LogP) is 1.87. The van der Waals surface area contributed by atoms with Crippen LogP contribution in [-0.2, 0) is 4.79 Å². The first-order chi connectivity index (χ1) is 7.78. The molecule has 0 radical (unpaired) electrons. The highest BCUT2D eigenvalue weighted by Crippen LogP contribution is 2.23. The van der Waals surface area contributed by atoms with Crippen LogP contribution in [-0.4, -0.2) is 18.3 Å². The summed E-state index contributed by atoms with van der Waals surface area (Å²) >= 11 is 0. The van der Waals surface area contributed by atoms with Gasteiger partial charge in [0.15, 0.2) is 0 Å². The van der Waals surface area contributed by atoms with Gasteiger partial charge in [-0.1, -0.05) is 0 Å². The van der Waals surface area contributed by atoms with Crippen molar-refractivity contribution in [2.24, 2.45) is 5.73 Å². The van der Waals surface area contributed by atoms with Crippen molar-refractivity contribution >= 4 is 11.6 Å². The molecule has 7 heteroatoms. The van der Waals surface area contributed by atoms with E-state index in [4.69, 9.17) is 5.73 Å². The van der Waals surface area contributed by atoms with Crippen molar-refractivity contribution in [3.63, 3.8) is 0 Å². The maximum atomic E-state index is 11.8. The number of ether oxygens (including phenoxy) is 1. The van der Waals surface area contributed by atoms with Crippen molar-refractivity contribution in [2.45, 2.75) is 19.3 Å². The first-order valence-electron chi connectivity index (χ1n) is 4.70. The minimum atomic E-state index is -4.73. The fraction of sp³-hybridized carbons (Fsp3) is 0.300. The molecule has 0 aliphatic rings. The van der Waals surface area contributed by atoms with Gasteiger partial charge in [0.05, 0.1) is 6.04 Å². The molecule has 1 rings (SSSR count). The second kappa shape index (κ2) is 5.05. The molecule has 1 unspecified atom stereocenters. The van der Waals surface area contributed by atoms with Gasteiger partial charge in [-0.25, -0.2) is 0 Å². The summed E-state index contributed by atoms with van der Waals surface area (Å²) in [5.41, 5.74) is 5.66. The van der Waals surface area contributed by atoms with Gasteiger partial charge in [0.1, 0.15) is 5.75 Å². The number of benzene rings is 1. The lowest BCUT2D eigenvalue weighted by molar-refractivity contribution is -0.274. The number of halogens is 3. The smallest absolute Gasteiger partial charge is 0.406 e. The summed E-state index contributed by atoms with van der Waals surface area (Å²) in [5, 5.41) is 2.43. The molecule has 0 saturated carbocycles. The summed E-state index contributed by atoms with van der Waals surface area (Å²) in [4.78, 5) is 11.2. The number of nitrogens with one attached hydrogen (secondary N) is 1. The third-order valence-electron chi connectivity index (χ3n) is 1.77. The van der Waals surface area contributed by atoms with E-state index in [9.17, 15) is 18.0 Å². The van der Waals surface area contributed by atoms with Crippen LogP contribution < -0.4 is 15.8 Å². The third-order valence-corrected chi connectivity index (χ3v) is 1.77. The second-order valence-corrected chi connectivity index (χ2v) is 3.35. The minimum Gasteiger partial charge on any atom is -0.406 e. The van der Waals surface area contributed by atoms with E-state index in [1.54, 1.807) is 0 Å². The summed E-state index contributed by atoms with van der Waals surface area (Å²) in [6, 6.07) is 4.10. The fourth-order valence-electron chi connectivity index (χ4n) is 0.996. The number of alkyl halides is 3. The Labute approximate surface area is 95.6 Å². The van der Waals surface area contributed by atoms with Crippen LogP contribution in [0.3, 0.4) is 0 Å². The molecule has 17 heavy (non-hydrogen) atoms. The Balaban J connectivity index is 2.65. The van der Waals surface area contributed by atoms with Crippen LogP contribution >= 0.6 is 0 Å². The van der Waals surface area contributed by atoms with Crippen LogP contribution in [0.4, 0.5) is 18.9 Å². The predicted molar refractivity (Wildman–Crippen MR) is 55.4 cm³/mol. The van der Waals surface area contributed by atoms with E-state index < -0.39 is 18.3 Å². The maximum absolute atomic E-state index is 11.8. The molecule has 0 aliphatic heterocycles. The zero-order valence-electron chi connectivity index (χ0n) is 8.91. The largest absolute Gasteiger partial charge is 0.573 e. The number of nitrogens with two attached hydrogens (primary N) is 1. The van der Waals surface area contributed by atoms with Crippen molar-refractivity contribution in [1.82, 2.24) is 0 Å². The van der Waals surface area contributed by atoms with Crippen LogP contribution in [0.5, 0.6) is 5.75 Å². The van der Waals surface area contributed by atoms with Crippen molar-refractivity contribution in [1.29, 1.82) is 0 Å². The standard InChI is InChI=1S/C10H11F3N2O2/c1-6(14)9(16)15-7-2-4-8(5-3-7)17-10(11,12)13/h2-6H,14H2,1H3,(H,15,16). The van der Waals surface area contributed by atoms with Crippen molar-refractivity contribution in [2.75, 3.05) is 5.32 Å². The van der Waals surface area contributed by atoms with Gasteiger partial charge in [-0.05, 0) is 31.2 Å². The lowest BCUT2D eigenvalue weighted by Crippen LogP contribution is -2.32. The van der Waals surface area contributed by atoms with Gasteiger partial charge in [-0.3, -0.25) is 4.79 Å². The number of carbonyl (C=O) groups excluding carboxylic acids is 1. The van der Waals surface area contributed by atoms with E-state index in [1.807, 2.05) is 0 Å². The molecule has 0 bridgehead atoms. The van der Waals surface area contributed by atoms with Gasteiger partial charge in [-0.15, -0.1) is 13.2 Å². The number of amides is 1. The SMILES string of the molecule is CC(N)C(=O)Nc1ccc(OC(F)(F)F)cc1. The number of hydrogen-bond acceptors (Lipinski definition) is 3. The summed E-state index contributed by atoms with van der Waals surface area (Å²) < 4.78 is 39.2. The number of hydrogen-bond donors (Lipinski definition) is 2. The van der Waals surface area contributed by atoms with Gasteiger partial charge in [0.2, 0.25) is 5.91 Å². The van der Waals surface area contributed by atoms with Crippen LogP contribution in [0, 0.1) is 0 Å². The summed E-state index contributed by atoms with van der Waals surface area (Å²) in [6.45, 7) is 1.50. The second-order valence-electron chi connectivity index (χ2n) is 3.35. The molecule has 0 saturated heterocycles. The lowest BCUT2D eigenvalue weighted by atomic mass is 10.2. The molecule has 1 amide bonds. The Morgan fingerprint density at radius 2 is 1.88 bits per heavy atom. The normalized spacial score (nSPS) is 13.0. The van der Waals surface area contributed by atoms with Crippen LogP contribution in [0.25, 0.3) is 0 Å². The van der Waals surface area contributed by atoms with Crippen molar-refractivity contribution in [3.05, 3.63) is 24.3 Å². The molecular weight excluding hydrogens is 237 g/mol. The average Bonchev–Trinajstić information content (AvgIpc) is 2.18. The van der Waals surface area contributed by atoms with Gasteiger partial charge >= 0.3 is 6.36 Å². The van der Waals surface area contributed by atoms with Gasteiger partial charge in [0.25, 0.3) is 0 Å². The van der Waals surface area contributed by atoms with Gasteiger partial charge in [0, 0.05) is 5.69 Å². The number of rotatable bonds is 3. The molecule has 0 spiro atoms. The molecule has 0 aliphatic carbocycles. The molecule has 1 aromatic carbocycles. The molecule has 0 aromatic heterocycles. The van der Waals surface area contributed by atoms with E-state index >= 15 is 0 Å². The highest BCUT2D eigenvalue weighted by Gasteiger charge is 2.30. The van der Waals surface area contributed by atoms with E-state index in [1.165, 1.54) is 19.1 Å². The summed E-state index contributed by atoms with van der Waals surface area (Å²) in [7, 11) is 0.